The Morgan fingerprint density at radius 3 is 2.82 bits per heavy atom. The SMILES string of the molecule is O=C(O)c1occ2c1NCC1(CCCCC1)N2. The summed E-state index contributed by atoms with van der Waals surface area (Å²) in [6, 6.07) is 0. The standard InChI is InChI=1S/C12H16N2O3/c15-11(16)10-9-8(6-17-10)14-12(7-13-9)4-2-1-3-5-12/h6,13-14H,1-5,7H2,(H,15,16). The van der Waals surface area contributed by atoms with Crippen LogP contribution in [0.25, 0.3) is 0 Å². The molecule has 1 spiro atoms. The van der Waals surface area contributed by atoms with Crippen LogP contribution in [0, 0.1) is 0 Å². The lowest BCUT2D eigenvalue weighted by Gasteiger charge is -2.42. The highest BCUT2D eigenvalue weighted by Crippen LogP contribution is 2.40. The molecule has 0 radical (unpaired) electrons. The molecular formula is C12H16N2O3. The van der Waals surface area contributed by atoms with Gasteiger partial charge in [-0.3, -0.25) is 0 Å². The van der Waals surface area contributed by atoms with E-state index in [9.17, 15) is 4.79 Å². The number of hydrogen-bond acceptors (Lipinski definition) is 4. The summed E-state index contributed by atoms with van der Waals surface area (Å²) in [7, 11) is 0. The molecule has 0 unspecified atom stereocenters. The van der Waals surface area contributed by atoms with Crippen molar-refractivity contribution < 1.29 is 14.3 Å². The van der Waals surface area contributed by atoms with Crippen molar-refractivity contribution in [2.45, 2.75) is 37.6 Å². The van der Waals surface area contributed by atoms with E-state index < -0.39 is 5.97 Å². The molecule has 5 nitrogen and oxygen atoms in total. The Balaban J connectivity index is 1.88. The maximum Gasteiger partial charge on any atom is 0.374 e. The number of nitrogens with one attached hydrogen (secondary N) is 2. The Labute approximate surface area is 99.2 Å². The predicted octanol–water partition coefficient (Wildman–Crippen LogP) is 2.52. The average molecular weight is 236 g/mol. The Kier molecular flexibility index (Phi) is 2.28. The van der Waals surface area contributed by atoms with Crippen LogP contribution in [0.2, 0.25) is 0 Å². The zero-order valence-electron chi connectivity index (χ0n) is 9.58. The lowest BCUT2D eigenvalue weighted by Crippen LogP contribution is -2.48. The Morgan fingerprint density at radius 1 is 1.35 bits per heavy atom. The van der Waals surface area contributed by atoms with Gasteiger partial charge in [-0.25, -0.2) is 4.79 Å². The molecule has 1 saturated carbocycles. The number of rotatable bonds is 1. The summed E-state index contributed by atoms with van der Waals surface area (Å²) in [6.07, 6.45) is 7.52. The molecule has 0 amide bonds. The van der Waals surface area contributed by atoms with Crippen molar-refractivity contribution >= 4 is 17.3 Å². The van der Waals surface area contributed by atoms with E-state index in [1.807, 2.05) is 0 Å². The highest BCUT2D eigenvalue weighted by Gasteiger charge is 2.37. The minimum Gasteiger partial charge on any atom is -0.475 e. The van der Waals surface area contributed by atoms with Crippen molar-refractivity contribution in [3.8, 4) is 0 Å². The van der Waals surface area contributed by atoms with Gasteiger partial charge in [0.15, 0.2) is 0 Å². The van der Waals surface area contributed by atoms with Gasteiger partial charge in [0.05, 0.1) is 11.2 Å². The number of anilines is 2. The van der Waals surface area contributed by atoms with Crippen LogP contribution < -0.4 is 10.6 Å². The fourth-order valence-corrected chi connectivity index (χ4v) is 2.90. The van der Waals surface area contributed by atoms with Crippen molar-refractivity contribution in [3.63, 3.8) is 0 Å². The van der Waals surface area contributed by atoms with Crippen LogP contribution in [-0.4, -0.2) is 23.2 Å². The number of fused-ring (bicyclic) bond motifs is 1. The van der Waals surface area contributed by atoms with E-state index in [1.54, 1.807) is 0 Å². The third kappa shape index (κ3) is 1.66. The second kappa shape index (κ2) is 3.68. The number of furan rings is 1. The van der Waals surface area contributed by atoms with Crippen LogP contribution in [0.4, 0.5) is 11.4 Å². The molecule has 3 rings (SSSR count). The lowest BCUT2D eigenvalue weighted by atomic mass is 9.80. The van der Waals surface area contributed by atoms with E-state index in [-0.39, 0.29) is 11.3 Å². The molecule has 92 valence electrons. The van der Waals surface area contributed by atoms with Crippen LogP contribution >= 0.6 is 0 Å². The van der Waals surface area contributed by atoms with Crippen molar-refractivity contribution in [2.75, 3.05) is 17.2 Å². The molecule has 0 aromatic carbocycles. The summed E-state index contributed by atoms with van der Waals surface area (Å²) in [5.74, 6) is -1.03. The van der Waals surface area contributed by atoms with Crippen molar-refractivity contribution in [1.29, 1.82) is 0 Å². The summed E-state index contributed by atoms with van der Waals surface area (Å²) in [5, 5.41) is 15.7. The van der Waals surface area contributed by atoms with E-state index in [0.29, 0.717) is 5.69 Å². The van der Waals surface area contributed by atoms with Gasteiger partial charge >= 0.3 is 5.97 Å². The zero-order chi connectivity index (χ0) is 11.9. The van der Waals surface area contributed by atoms with Gasteiger partial charge in [-0.1, -0.05) is 19.3 Å². The normalized spacial score (nSPS) is 21.4. The van der Waals surface area contributed by atoms with Crippen molar-refractivity contribution in [2.24, 2.45) is 0 Å². The monoisotopic (exact) mass is 236 g/mol. The molecular weight excluding hydrogens is 220 g/mol. The first kappa shape index (κ1) is 10.5. The maximum absolute atomic E-state index is 10.9. The van der Waals surface area contributed by atoms with E-state index in [0.717, 1.165) is 25.1 Å². The molecule has 1 aliphatic carbocycles. The van der Waals surface area contributed by atoms with E-state index in [4.69, 9.17) is 9.52 Å². The van der Waals surface area contributed by atoms with Gasteiger partial charge in [-0.15, -0.1) is 0 Å². The molecule has 1 aromatic rings. The van der Waals surface area contributed by atoms with Crippen molar-refractivity contribution in [1.82, 2.24) is 0 Å². The molecule has 0 saturated heterocycles. The minimum absolute atomic E-state index is 0.00170. The smallest absolute Gasteiger partial charge is 0.374 e. The quantitative estimate of drug-likeness (QED) is 0.698. The maximum atomic E-state index is 10.9. The number of carbonyl (C=O) groups is 1. The molecule has 1 aliphatic heterocycles. The first-order valence-corrected chi connectivity index (χ1v) is 6.07. The molecule has 0 bridgehead atoms. The highest BCUT2D eigenvalue weighted by atomic mass is 16.4. The summed E-state index contributed by atoms with van der Waals surface area (Å²) in [6.45, 7) is 0.778. The molecule has 3 N–H and O–H groups in total. The van der Waals surface area contributed by atoms with Crippen LogP contribution in [0.1, 0.15) is 42.7 Å². The van der Waals surface area contributed by atoms with Gasteiger partial charge in [-0.05, 0) is 12.8 Å². The summed E-state index contributed by atoms with van der Waals surface area (Å²) < 4.78 is 5.09. The first-order valence-electron chi connectivity index (χ1n) is 6.07. The average Bonchev–Trinajstić information content (AvgIpc) is 2.72. The molecule has 2 heterocycles. The van der Waals surface area contributed by atoms with E-state index in [2.05, 4.69) is 10.6 Å². The largest absolute Gasteiger partial charge is 0.475 e. The molecule has 5 heteroatoms. The summed E-state index contributed by atoms with van der Waals surface area (Å²) in [4.78, 5) is 10.9. The van der Waals surface area contributed by atoms with Crippen molar-refractivity contribution in [3.05, 3.63) is 12.0 Å². The van der Waals surface area contributed by atoms with Gasteiger partial charge < -0.3 is 20.2 Å². The highest BCUT2D eigenvalue weighted by molar-refractivity contribution is 5.96. The second-order valence-electron chi connectivity index (χ2n) is 4.98. The molecule has 2 aliphatic rings. The van der Waals surface area contributed by atoms with E-state index in [1.165, 1.54) is 25.5 Å². The molecule has 17 heavy (non-hydrogen) atoms. The molecule has 1 aromatic heterocycles. The minimum atomic E-state index is -1.03. The number of carboxylic acid groups (broad SMARTS) is 1. The topological polar surface area (TPSA) is 74.5 Å². The predicted molar refractivity (Wildman–Crippen MR) is 63.6 cm³/mol. The Morgan fingerprint density at radius 2 is 2.12 bits per heavy atom. The number of carboxylic acids is 1. The second-order valence-corrected chi connectivity index (χ2v) is 4.98. The van der Waals surface area contributed by atoms with Gasteiger partial charge in [0.2, 0.25) is 5.76 Å². The van der Waals surface area contributed by atoms with Crippen LogP contribution in [0.3, 0.4) is 0 Å². The first-order chi connectivity index (χ1) is 8.20. The summed E-state index contributed by atoms with van der Waals surface area (Å²) in [5.41, 5.74) is 1.47. The Bertz CT molecular complexity index is 447. The van der Waals surface area contributed by atoms with Gasteiger partial charge in [0, 0.05) is 6.54 Å². The third-order valence-corrected chi connectivity index (χ3v) is 3.80. The summed E-state index contributed by atoms with van der Waals surface area (Å²) >= 11 is 0. The van der Waals surface area contributed by atoms with E-state index >= 15 is 0 Å². The lowest BCUT2D eigenvalue weighted by molar-refractivity contribution is 0.0664. The molecule has 0 atom stereocenters. The van der Waals surface area contributed by atoms with Gasteiger partial charge in [-0.2, -0.15) is 0 Å². The number of aromatic carboxylic acids is 1. The third-order valence-electron chi connectivity index (χ3n) is 3.80. The number of hydrogen-bond donors (Lipinski definition) is 3. The van der Waals surface area contributed by atoms with Crippen LogP contribution in [0.5, 0.6) is 0 Å². The zero-order valence-corrected chi connectivity index (χ0v) is 9.58. The molecule has 1 fully saturated rings. The van der Waals surface area contributed by atoms with Gasteiger partial charge in [0.25, 0.3) is 0 Å². The fraction of sp³-hybridized carbons (Fsp3) is 0.583. The van der Waals surface area contributed by atoms with Crippen LogP contribution in [-0.2, 0) is 0 Å². The Hall–Kier alpha value is -1.65. The fourth-order valence-electron chi connectivity index (χ4n) is 2.90. The van der Waals surface area contributed by atoms with Gasteiger partial charge in [0.1, 0.15) is 12.0 Å². The van der Waals surface area contributed by atoms with Crippen LogP contribution in [0.15, 0.2) is 10.7 Å².